The summed E-state index contributed by atoms with van der Waals surface area (Å²) in [6.07, 6.45) is 8.90. The van der Waals surface area contributed by atoms with Gasteiger partial charge in [0.05, 0.1) is 17.4 Å². The largest absolute Gasteiger partial charge is 0.338 e. The number of rotatable bonds is 8. The van der Waals surface area contributed by atoms with Crippen LogP contribution in [0.15, 0.2) is 90.0 Å². The van der Waals surface area contributed by atoms with Crippen molar-refractivity contribution in [3.63, 3.8) is 0 Å². The van der Waals surface area contributed by atoms with Gasteiger partial charge in [0, 0.05) is 43.1 Å². The van der Waals surface area contributed by atoms with Gasteiger partial charge in [-0.25, -0.2) is 0 Å². The van der Waals surface area contributed by atoms with Crippen LogP contribution in [0.2, 0.25) is 0 Å². The average molecular weight is 485 g/mol. The number of carbonyl (C=O) groups excluding carboxylic acids is 1. The summed E-state index contributed by atoms with van der Waals surface area (Å²) in [6, 6.07) is 21.1. The average Bonchev–Trinajstić information content (AvgIpc) is 3.61. The topological polar surface area (TPSA) is 41.4 Å². The minimum Gasteiger partial charge on any atom is -0.338 e. The first-order valence-corrected chi connectivity index (χ1v) is 13.3. The molecule has 0 spiro atoms. The Morgan fingerprint density at radius 2 is 1.91 bits per heavy atom. The van der Waals surface area contributed by atoms with E-state index in [4.69, 9.17) is 0 Å². The second-order valence-electron chi connectivity index (χ2n) is 9.38. The Labute approximate surface area is 211 Å². The van der Waals surface area contributed by atoms with E-state index in [1.807, 2.05) is 47.2 Å². The molecule has 35 heavy (non-hydrogen) atoms. The van der Waals surface area contributed by atoms with Crippen LogP contribution in [0, 0.1) is 5.92 Å². The van der Waals surface area contributed by atoms with Crippen molar-refractivity contribution in [2.45, 2.75) is 31.8 Å². The van der Waals surface area contributed by atoms with Crippen molar-refractivity contribution < 1.29 is 4.79 Å². The highest BCUT2D eigenvalue weighted by molar-refractivity contribution is 7.08. The predicted molar refractivity (Wildman–Crippen MR) is 142 cm³/mol. The highest BCUT2D eigenvalue weighted by Gasteiger charge is 2.32. The molecular weight excluding hydrogens is 452 g/mol. The van der Waals surface area contributed by atoms with Gasteiger partial charge in [0.15, 0.2) is 0 Å². The van der Waals surface area contributed by atoms with E-state index in [0.29, 0.717) is 5.92 Å². The molecular formula is C29H32N4OS. The molecule has 1 atom stereocenters. The highest BCUT2D eigenvalue weighted by Crippen LogP contribution is 2.28. The molecule has 5 nitrogen and oxygen atoms in total. The summed E-state index contributed by atoms with van der Waals surface area (Å²) in [6.45, 7) is 2.99. The van der Waals surface area contributed by atoms with Gasteiger partial charge in [0.25, 0.3) is 5.91 Å². The fraction of sp³-hybridized carbons (Fsp3) is 0.310. The Morgan fingerprint density at radius 1 is 1.09 bits per heavy atom. The Bertz CT molecular complexity index is 1200. The molecule has 4 aromatic rings. The van der Waals surface area contributed by atoms with E-state index >= 15 is 0 Å². The third kappa shape index (κ3) is 5.55. The van der Waals surface area contributed by atoms with Crippen LogP contribution in [0.1, 0.15) is 34.5 Å². The number of carbonyl (C=O) groups is 1. The first-order chi connectivity index (χ1) is 17.2. The van der Waals surface area contributed by atoms with Gasteiger partial charge in [-0.15, -0.1) is 0 Å². The molecule has 0 radical (unpaired) electrons. The molecule has 0 N–H and O–H groups in total. The molecule has 1 unspecified atom stereocenters. The highest BCUT2D eigenvalue weighted by atomic mass is 32.1. The normalized spacial score (nSPS) is 15.7. The summed E-state index contributed by atoms with van der Waals surface area (Å²) < 4.78 is 2.23. The number of benzene rings is 1. The molecule has 0 saturated carbocycles. The number of thiophene rings is 1. The van der Waals surface area contributed by atoms with Crippen molar-refractivity contribution >= 4 is 17.2 Å². The predicted octanol–water partition coefficient (Wildman–Crippen LogP) is 5.53. The summed E-state index contributed by atoms with van der Waals surface area (Å²) in [4.78, 5) is 22.1. The fourth-order valence-corrected chi connectivity index (χ4v) is 5.86. The van der Waals surface area contributed by atoms with Crippen molar-refractivity contribution in [1.82, 2.24) is 19.4 Å². The molecule has 3 aromatic heterocycles. The third-order valence-corrected chi connectivity index (χ3v) is 7.88. The minimum absolute atomic E-state index is 0.129. The molecule has 0 bridgehead atoms. The van der Waals surface area contributed by atoms with E-state index in [2.05, 4.69) is 69.2 Å². The van der Waals surface area contributed by atoms with E-state index in [9.17, 15) is 4.79 Å². The minimum atomic E-state index is 0.129. The molecule has 1 fully saturated rings. The number of likely N-dealkylation sites (N-methyl/N-ethyl adjacent to an activating group) is 1. The number of amides is 1. The van der Waals surface area contributed by atoms with Crippen molar-refractivity contribution in [3.05, 3.63) is 107 Å². The quantitative estimate of drug-likeness (QED) is 0.330. The van der Waals surface area contributed by atoms with Gasteiger partial charge in [0.2, 0.25) is 0 Å². The lowest BCUT2D eigenvalue weighted by Gasteiger charge is -2.40. The Hall–Kier alpha value is -3.22. The van der Waals surface area contributed by atoms with Crippen LogP contribution < -0.4 is 0 Å². The number of hydrogen-bond acceptors (Lipinski definition) is 4. The van der Waals surface area contributed by atoms with Crippen LogP contribution in [-0.2, 0) is 13.0 Å². The van der Waals surface area contributed by atoms with Crippen LogP contribution in [0.4, 0.5) is 0 Å². The zero-order chi connectivity index (χ0) is 24.0. The van der Waals surface area contributed by atoms with Gasteiger partial charge in [-0.3, -0.25) is 14.7 Å². The fourth-order valence-electron chi connectivity index (χ4n) is 5.23. The Kier molecular flexibility index (Phi) is 7.40. The van der Waals surface area contributed by atoms with Crippen molar-refractivity contribution in [1.29, 1.82) is 0 Å². The summed E-state index contributed by atoms with van der Waals surface area (Å²) in [5.41, 5.74) is 4.46. The van der Waals surface area contributed by atoms with Crippen LogP contribution in [0.3, 0.4) is 0 Å². The van der Waals surface area contributed by atoms with Crippen molar-refractivity contribution in [2.75, 3.05) is 20.1 Å². The van der Waals surface area contributed by atoms with E-state index in [-0.39, 0.29) is 11.9 Å². The van der Waals surface area contributed by atoms with Gasteiger partial charge in [0.1, 0.15) is 0 Å². The monoisotopic (exact) mass is 484 g/mol. The van der Waals surface area contributed by atoms with Crippen molar-refractivity contribution in [3.8, 4) is 5.69 Å². The van der Waals surface area contributed by atoms with E-state index in [1.54, 1.807) is 11.3 Å². The van der Waals surface area contributed by atoms with Gasteiger partial charge in [-0.1, -0.05) is 30.3 Å². The van der Waals surface area contributed by atoms with E-state index < -0.39 is 0 Å². The lowest BCUT2D eigenvalue weighted by atomic mass is 9.84. The van der Waals surface area contributed by atoms with Crippen LogP contribution >= 0.6 is 11.3 Å². The molecule has 6 heteroatoms. The smallest absolute Gasteiger partial charge is 0.254 e. The molecule has 0 aliphatic carbocycles. The summed E-state index contributed by atoms with van der Waals surface area (Å²) in [7, 11) is 1.99. The van der Waals surface area contributed by atoms with Crippen LogP contribution in [-0.4, -0.2) is 51.4 Å². The maximum Gasteiger partial charge on any atom is 0.254 e. The summed E-state index contributed by atoms with van der Waals surface area (Å²) in [5.74, 6) is 0.605. The molecule has 1 saturated heterocycles. The second kappa shape index (κ2) is 11.0. The van der Waals surface area contributed by atoms with Gasteiger partial charge in [-0.2, -0.15) is 11.3 Å². The van der Waals surface area contributed by atoms with Gasteiger partial charge >= 0.3 is 0 Å². The summed E-state index contributed by atoms with van der Waals surface area (Å²) >= 11 is 1.58. The zero-order valence-electron chi connectivity index (χ0n) is 20.2. The lowest BCUT2D eigenvalue weighted by Crippen LogP contribution is -2.47. The SMILES string of the molecule is CN(C(=O)c1ccsc1)C(Cc1ccccc1)C1CCN(Cc2cccn2-c2cccnc2)CC1. The van der Waals surface area contributed by atoms with Gasteiger partial charge in [-0.05, 0) is 79.5 Å². The molecule has 5 rings (SSSR count). The number of likely N-dealkylation sites (tertiary alicyclic amines) is 1. The Morgan fingerprint density at radius 3 is 2.63 bits per heavy atom. The molecule has 1 aliphatic heterocycles. The third-order valence-electron chi connectivity index (χ3n) is 7.19. The Balaban J connectivity index is 1.27. The molecule has 1 aliphatic rings. The standard InChI is InChI=1S/C29H32N4OS/c1-31(29(34)25-13-18-35-22-25)28(19-23-7-3-2-4-8-23)24-11-16-32(17-12-24)21-27-10-6-15-33(27)26-9-5-14-30-20-26/h2-10,13-15,18,20,22,24,28H,11-12,16-17,19,21H2,1H3. The first kappa shape index (κ1) is 23.5. The molecule has 1 aromatic carbocycles. The number of hydrogen-bond donors (Lipinski definition) is 0. The number of nitrogens with zero attached hydrogens (tertiary/aromatic N) is 4. The number of pyridine rings is 1. The maximum absolute atomic E-state index is 13.2. The molecule has 4 heterocycles. The number of aromatic nitrogens is 2. The van der Waals surface area contributed by atoms with E-state index in [0.717, 1.165) is 50.1 Å². The summed E-state index contributed by atoms with van der Waals surface area (Å²) in [5, 5.41) is 3.94. The maximum atomic E-state index is 13.2. The second-order valence-corrected chi connectivity index (χ2v) is 10.2. The molecule has 1 amide bonds. The van der Waals surface area contributed by atoms with Crippen molar-refractivity contribution in [2.24, 2.45) is 5.92 Å². The molecule has 180 valence electrons. The van der Waals surface area contributed by atoms with Gasteiger partial charge < -0.3 is 9.47 Å². The number of piperidine rings is 1. The van der Waals surface area contributed by atoms with Crippen LogP contribution in [0.5, 0.6) is 0 Å². The first-order valence-electron chi connectivity index (χ1n) is 12.3. The van der Waals surface area contributed by atoms with E-state index in [1.165, 1.54) is 11.3 Å². The van der Waals surface area contributed by atoms with Crippen LogP contribution in [0.25, 0.3) is 5.69 Å². The lowest BCUT2D eigenvalue weighted by molar-refractivity contribution is 0.0584. The zero-order valence-corrected chi connectivity index (χ0v) is 21.0.